The van der Waals surface area contributed by atoms with Gasteiger partial charge in [-0.1, -0.05) is 20.1 Å². The van der Waals surface area contributed by atoms with Gasteiger partial charge in [0, 0.05) is 6.08 Å². The average Bonchev–Trinajstić information content (AvgIpc) is 2.25. The maximum absolute atomic E-state index is 10.2. The first-order valence-electron chi connectivity index (χ1n) is 4.30. The summed E-state index contributed by atoms with van der Waals surface area (Å²) < 4.78 is 4.58. The van der Waals surface area contributed by atoms with Crippen LogP contribution in [0.25, 0.3) is 0 Å². The number of carbonyl (C=O) groups excluding carboxylic acids is 1. The fraction of sp³-hybridized carbons (Fsp3) is 0.400. The molecule has 15 heavy (non-hydrogen) atoms. The lowest BCUT2D eigenvalue weighted by molar-refractivity contribution is -0.137. The summed E-state index contributed by atoms with van der Waals surface area (Å²) >= 11 is 0. The first kappa shape index (κ1) is 15.8. The van der Waals surface area contributed by atoms with E-state index in [0.29, 0.717) is 6.61 Å². The number of hydrogen-bond acceptors (Lipinski definition) is 4. The molecular formula is C10H16O5. The van der Waals surface area contributed by atoms with Gasteiger partial charge in [-0.25, -0.2) is 9.59 Å². The Morgan fingerprint density at radius 2 is 2.00 bits per heavy atom. The number of carbonyl (C=O) groups is 2. The molecule has 0 radical (unpaired) electrons. The highest BCUT2D eigenvalue weighted by molar-refractivity contribution is 5.85. The molecule has 0 bridgehead atoms. The molecule has 0 fully saturated rings. The van der Waals surface area contributed by atoms with Gasteiger partial charge in [0.15, 0.2) is 0 Å². The van der Waals surface area contributed by atoms with Crippen molar-refractivity contribution in [1.82, 2.24) is 0 Å². The van der Waals surface area contributed by atoms with Gasteiger partial charge in [-0.05, 0) is 6.42 Å². The Morgan fingerprint density at radius 1 is 1.47 bits per heavy atom. The summed E-state index contributed by atoms with van der Waals surface area (Å²) in [6.45, 7) is 8.22. The Kier molecular flexibility index (Phi) is 11.0. The topological polar surface area (TPSA) is 83.8 Å². The van der Waals surface area contributed by atoms with E-state index in [9.17, 15) is 9.59 Å². The van der Waals surface area contributed by atoms with E-state index in [2.05, 4.69) is 17.9 Å². The van der Waals surface area contributed by atoms with Crippen LogP contribution in [0.5, 0.6) is 0 Å². The van der Waals surface area contributed by atoms with E-state index in [4.69, 9.17) is 10.2 Å². The van der Waals surface area contributed by atoms with Crippen LogP contribution in [0, 0.1) is 0 Å². The molecule has 0 amide bonds. The molecule has 0 aromatic rings. The van der Waals surface area contributed by atoms with Gasteiger partial charge in [0.05, 0.1) is 18.8 Å². The van der Waals surface area contributed by atoms with Crippen molar-refractivity contribution < 1.29 is 24.5 Å². The molecule has 0 aliphatic rings. The van der Waals surface area contributed by atoms with E-state index in [0.717, 1.165) is 12.5 Å². The van der Waals surface area contributed by atoms with E-state index >= 15 is 0 Å². The third-order valence-corrected chi connectivity index (χ3v) is 1.11. The number of carboxylic acid groups (broad SMARTS) is 1. The highest BCUT2D eigenvalue weighted by Crippen LogP contribution is 1.83. The van der Waals surface area contributed by atoms with Crippen LogP contribution in [0.15, 0.2) is 24.8 Å². The number of carboxylic acids is 1. The lowest BCUT2D eigenvalue weighted by Crippen LogP contribution is -2.01. The molecule has 2 N–H and O–H groups in total. The minimum absolute atomic E-state index is 0.181. The minimum atomic E-state index is -1.15. The quantitative estimate of drug-likeness (QED) is 0.523. The molecule has 0 unspecified atom stereocenters. The second-order valence-electron chi connectivity index (χ2n) is 2.44. The van der Waals surface area contributed by atoms with Crippen molar-refractivity contribution in [2.75, 3.05) is 13.2 Å². The number of rotatable bonds is 5. The predicted octanol–water partition coefficient (Wildman–Crippen LogP) is 0.745. The van der Waals surface area contributed by atoms with Crippen LogP contribution in [0.4, 0.5) is 0 Å². The SMILES string of the molecule is C=C(CO)C(=O)O.C=CC(=O)OCCC. The van der Waals surface area contributed by atoms with E-state index in [1.807, 2.05) is 6.92 Å². The van der Waals surface area contributed by atoms with E-state index < -0.39 is 12.6 Å². The Morgan fingerprint density at radius 3 is 2.20 bits per heavy atom. The number of ether oxygens (including phenoxy) is 1. The van der Waals surface area contributed by atoms with Gasteiger partial charge in [0.25, 0.3) is 0 Å². The Labute approximate surface area is 88.7 Å². The molecule has 0 saturated carbocycles. The molecule has 0 aromatic carbocycles. The van der Waals surface area contributed by atoms with E-state index in [-0.39, 0.29) is 11.5 Å². The van der Waals surface area contributed by atoms with Crippen molar-refractivity contribution in [3.8, 4) is 0 Å². The third-order valence-electron chi connectivity index (χ3n) is 1.11. The number of aliphatic hydroxyl groups is 1. The standard InChI is InChI=1S/C6H10O2.C4H6O3/c1-3-5-8-6(7)4-2;1-3(2-5)4(6)7/h4H,2-3,5H2,1H3;5H,1-2H2,(H,6,7). The van der Waals surface area contributed by atoms with E-state index in [1.54, 1.807) is 0 Å². The molecule has 0 heterocycles. The molecule has 0 aliphatic heterocycles. The van der Waals surface area contributed by atoms with Crippen LogP contribution < -0.4 is 0 Å². The molecule has 0 aromatic heterocycles. The fourth-order valence-electron chi connectivity index (χ4n) is 0.329. The van der Waals surface area contributed by atoms with Gasteiger partial charge < -0.3 is 14.9 Å². The van der Waals surface area contributed by atoms with Crippen molar-refractivity contribution in [3.63, 3.8) is 0 Å². The van der Waals surface area contributed by atoms with Crippen LogP contribution in [-0.4, -0.2) is 35.4 Å². The Balaban J connectivity index is 0. The first-order chi connectivity index (χ1) is 6.99. The maximum atomic E-state index is 10.2. The smallest absolute Gasteiger partial charge is 0.333 e. The van der Waals surface area contributed by atoms with Gasteiger partial charge in [0.2, 0.25) is 0 Å². The summed E-state index contributed by atoms with van der Waals surface area (Å²) in [5.74, 6) is -1.49. The largest absolute Gasteiger partial charge is 0.478 e. The Bertz CT molecular complexity index is 232. The molecular weight excluding hydrogens is 200 g/mol. The van der Waals surface area contributed by atoms with Crippen molar-refractivity contribution in [2.45, 2.75) is 13.3 Å². The Hall–Kier alpha value is -1.62. The average molecular weight is 216 g/mol. The van der Waals surface area contributed by atoms with Gasteiger partial charge in [-0.3, -0.25) is 0 Å². The molecule has 0 saturated heterocycles. The molecule has 86 valence electrons. The summed E-state index contributed by atoms with van der Waals surface area (Å²) in [6, 6.07) is 0. The molecule has 0 atom stereocenters. The third kappa shape index (κ3) is 12.4. The van der Waals surface area contributed by atoms with E-state index in [1.165, 1.54) is 0 Å². The van der Waals surface area contributed by atoms with Gasteiger partial charge in [-0.15, -0.1) is 0 Å². The fourth-order valence-corrected chi connectivity index (χ4v) is 0.329. The summed E-state index contributed by atoms with van der Waals surface area (Å²) in [7, 11) is 0. The second kappa shape index (κ2) is 10.5. The number of esters is 1. The number of hydrogen-bond donors (Lipinski definition) is 2. The summed E-state index contributed by atoms with van der Waals surface area (Å²) in [5, 5.41) is 15.9. The summed E-state index contributed by atoms with van der Waals surface area (Å²) in [6.07, 6.45) is 2.02. The lowest BCUT2D eigenvalue weighted by Gasteiger charge is -1.94. The molecule has 5 heteroatoms. The number of aliphatic hydroxyl groups excluding tert-OH is 1. The van der Waals surface area contributed by atoms with Crippen LogP contribution in [0.3, 0.4) is 0 Å². The maximum Gasteiger partial charge on any atom is 0.333 e. The van der Waals surface area contributed by atoms with Crippen LogP contribution in [-0.2, 0) is 14.3 Å². The van der Waals surface area contributed by atoms with Crippen molar-refractivity contribution >= 4 is 11.9 Å². The minimum Gasteiger partial charge on any atom is -0.478 e. The van der Waals surface area contributed by atoms with Crippen molar-refractivity contribution in [2.24, 2.45) is 0 Å². The molecule has 0 aliphatic carbocycles. The lowest BCUT2D eigenvalue weighted by atomic mass is 10.3. The van der Waals surface area contributed by atoms with Gasteiger partial charge in [0.1, 0.15) is 0 Å². The van der Waals surface area contributed by atoms with Crippen LogP contribution in [0.1, 0.15) is 13.3 Å². The molecule has 0 rings (SSSR count). The van der Waals surface area contributed by atoms with Crippen LogP contribution >= 0.6 is 0 Å². The number of aliphatic carboxylic acids is 1. The van der Waals surface area contributed by atoms with Gasteiger partial charge >= 0.3 is 11.9 Å². The van der Waals surface area contributed by atoms with Crippen molar-refractivity contribution in [1.29, 1.82) is 0 Å². The second-order valence-corrected chi connectivity index (χ2v) is 2.44. The predicted molar refractivity (Wildman–Crippen MR) is 55.3 cm³/mol. The van der Waals surface area contributed by atoms with Crippen molar-refractivity contribution in [3.05, 3.63) is 24.8 Å². The highest BCUT2D eigenvalue weighted by atomic mass is 16.5. The zero-order valence-corrected chi connectivity index (χ0v) is 8.73. The van der Waals surface area contributed by atoms with Gasteiger partial charge in [-0.2, -0.15) is 0 Å². The summed E-state index contributed by atoms with van der Waals surface area (Å²) in [5.41, 5.74) is -0.181. The highest BCUT2D eigenvalue weighted by Gasteiger charge is 1.97. The first-order valence-corrected chi connectivity index (χ1v) is 4.30. The monoisotopic (exact) mass is 216 g/mol. The van der Waals surface area contributed by atoms with Crippen LogP contribution in [0.2, 0.25) is 0 Å². The summed E-state index contributed by atoms with van der Waals surface area (Å²) in [4.78, 5) is 19.9. The zero-order chi connectivity index (χ0) is 12.3. The normalized spacial score (nSPS) is 8.13. The zero-order valence-electron chi connectivity index (χ0n) is 8.73. The molecule has 5 nitrogen and oxygen atoms in total. The molecule has 0 spiro atoms.